The highest BCUT2D eigenvalue weighted by Crippen LogP contribution is 2.28. The Kier molecular flexibility index (Phi) is 8.70. The minimum Gasteiger partial charge on any atom is -0.497 e. The summed E-state index contributed by atoms with van der Waals surface area (Å²) in [5, 5.41) is 8.86. The first-order valence-corrected chi connectivity index (χ1v) is 13.7. The molecule has 2 saturated heterocycles. The van der Waals surface area contributed by atoms with Crippen LogP contribution >= 0.6 is 0 Å². The Bertz CT molecular complexity index is 1080. The molecule has 0 N–H and O–H groups in total. The van der Waals surface area contributed by atoms with Gasteiger partial charge in [0.25, 0.3) is 0 Å². The van der Waals surface area contributed by atoms with E-state index in [9.17, 15) is 9.59 Å². The monoisotopic (exact) mass is 522 g/mol. The predicted molar refractivity (Wildman–Crippen MR) is 144 cm³/mol. The fourth-order valence-electron chi connectivity index (χ4n) is 5.15. The number of rotatable bonds is 9. The highest BCUT2D eigenvalue weighted by Gasteiger charge is 2.32. The topological polar surface area (TPSA) is 91.3 Å². The first-order valence-electron chi connectivity index (χ1n) is 13.7. The van der Waals surface area contributed by atoms with E-state index in [1.165, 1.54) is 0 Å². The molecule has 1 aliphatic carbocycles. The average molecular weight is 523 g/mol. The van der Waals surface area contributed by atoms with Crippen molar-refractivity contribution in [1.82, 2.24) is 24.9 Å². The van der Waals surface area contributed by atoms with Gasteiger partial charge in [-0.3, -0.25) is 14.5 Å². The Balaban J connectivity index is 1.14. The molecule has 3 heterocycles. The highest BCUT2D eigenvalue weighted by atomic mass is 16.5. The van der Waals surface area contributed by atoms with Crippen molar-refractivity contribution in [1.29, 1.82) is 0 Å². The second-order valence-corrected chi connectivity index (χ2v) is 10.2. The maximum Gasteiger partial charge on any atom is 0.242 e. The van der Waals surface area contributed by atoms with Crippen LogP contribution in [0.2, 0.25) is 0 Å². The molecule has 2 aromatic rings. The molecule has 5 rings (SSSR count). The number of methoxy groups -OCH3 is 1. The number of anilines is 1. The predicted octanol–water partition coefficient (Wildman–Crippen LogP) is 1.76. The van der Waals surface area contributed by atoms with Crippen LogP contribution in [0, 0.1) is 5.92 Å². The van der Waals surface area contributed by atoms with Gasteiger partial charge in [-0.1, -0.05) is 18.6 Å². The van der Waals surface area contributed by atoms with E-state index in [0.29, 0.717) is 32.7 Å². The smallest absolute Gasteiger partial charge is 0.242 e. The highest BCUT2D eigenvalue weighted by molar-refractivity contribution is 5.86. The molecule has 0 radical (unpaired) electrons. The van der Waals surface area contributed by atoms with E-state index in [4.69, 9.17) is 9.47 Å². The Morgan fingerprint density at radius 1 is 1.03 bits per heavy atom. The van der Waals surface area contributed by atoms with Gasteiger partial charge in [0.2, 0.25) is 11.8 Å². The minimum absolute atomic E-state index is 0.0266. The molecule has 204 valence electrons. The van der Waals surface area contributed by atoms with Crippen molar-refractivity contribution in [3.8, 4) is 17.0 Å². The summed E-state index contributed by atoms with van der Waals surface area (Å²) in [6, 6.07) is 11.7. The van der Waals surface area contributed by atoms with Gasteiger partial charge in [0, 0.05) is 63.8 Å². The number of aromatic nitrogens is 2. The molecule has 0 atom stereocenters. The molecule has 1 aromatic heterocycles. The molecule has 10 nitrogen and oxygen atoms in total. The molecule has 0 spiro atoms. The average Bonchev–Trinajstić information content (AvgIpc) is 2.95. The van der Waals surface area contributed by atoms with Crippen LogP contribution in [-0.2, 0) is 14.3 Å². The van der Waals surface area contributed by atoms with E-state index < -0.39 is 0 Å². The Labute approximate surface area is 224 Å². The van der Waals surface area contributed by atoms with Gasteiger partial charge in [-0.25, -0.2) is 0 Å². The van der Waals surface area contributed by atoms with Crippen LogP contribution in [0.4, 0.5) is 5.82 Å². The second kappa shape index (κ2) is 12.5. The number of carbonyl (C=O) groups excluding carboxylic acids is 2. The lowest BCUT2D eigenvalue weighted by molar-refractivity contribution is -0.145. The minimum atomic E-state index is 0.0266. The van der Waals surface area contributed by atoms with E-state index in [-0.39, 0.29) is 24.3 Å². The molecule has 10 heteroatoms. The van der Waals surface area contributed by atoms with Crippen molar-refractivity contribution >= 4 is 17.6 Å². The summed E-state index contributed by atoms with van der Waals surface area (Å²) in [5.41, 5.74) is 1.74. The van der Waals surface area contributed by atoms with Crippen molar-refractivity contribution in [2.45, 2.75) is 19.3 Å². The lowest BCUT2D eigenvalue weighted by Crippen LogP contribution is -2.53. The van der Waals surface area contributed by atoms with Gasteiger partial charge in [0.15, 0.2) is 5.82 Å². The first kappa shape index (κ1) is 26.4. The molecule has 3 fully saturated rings. The number of ether oxygens (including phenoxy) is 2. The summed E-state index contributed by atoms with van der Waals surface area (Å²) in [7, 11) is 1.65. The van der Waals surface area contributed by atoms with Crippen molar-refractivity contribution in [3.05, 3.63) is 36.4 Å². The summed E-state index contributed by atoms with van der Waals surface area (Å²) in [6.45, 7) is 7.34. The number of carbonyl (C=O) groups is 2. The number of benzene rings is 1. The molecule has 38 heavy (non-hydrogen) atoms. The van der Waals surface area contributed by atoms with Crippen LogP contribution in [0.1, 0.15) is 19.3 Å². The van der Waals surface area contributed by atoms with Gasteiger partial charge < -0.3 is 24.2 Å². The zero-order valence-electron chi connectivity index (χ0n) is 22.3. The number of hydrogen-bond donors (Lipinski definition) is 0. The quantitative estimate of drug-likeness (QED) is 0.492. The molecule has 0 unspecified atom stereocenters. The summed E-state index contributed by atoms with van der Waals surface area (Å²) < 4.78 is 10.7. The van der Waals surface area contributed by atoms with Gasteiger partial charge in [0.1, 0.15) is 5.75 Å². The van der Waals surface area contributed by atoms with Gasteiger partial charge in [-0.05, 0) is 37.1 Å². The normalized spacial score (nSPS) is 18.7. The summed E-state index contributed by atoms with van der Waals surface area (Å²) >= 11 is 0. The second-order valence-electron chi connectivity index (χ2n) is 10.2. The third-order valence-corrected chi connectivity index (χ3v) is 7.85. The molecule has 2 amide bonds. The maximum absolute atomic E-state index is 13.2. The van der Waals surface area contributed by atoms with Crippen LogP contribution < -0.4 is 9.64 Å². The Morgan fingerprint density at radius 3 is 2.47 bits per heavy atom. The van der Waals surface area contributed by atoms with Gasteiger partial charge in [-0.2, -0.15) is 0 Å². The fourth-order valence-corrected chi connectivity index (χ4v) is 5.15. The zero-order chi connectivity index (χ0) is 26.3. The summed E-state index contributed by atoms with van der Waals surface area (Å²) in [6.07, 6.45) is 2.99. The van der Waals surface area contributed by atoms with Gasteiger partial charge in [0.05, 0.1) is 32.6 Å². The Morgan fingerprint density at radius 2 is 1.82 bits per heavy atom. The third kappa shape index (κ3) is 6.42. The largest absolute Gasteiger partial charge is 0.497 e. The first-order chi connectivity index (χ1) is 18.6. The molecule has 1 saturated carbocycles. The standard InChI is InChI=1S/C28H38N6O4/c1-37-24-7-3-6-23(20-24)25-8-9-26(30-29-25)32-12-14-33(15-13-32)27(35)21-34(28(36)22-4-2-5-22)11-10-31-16-18-38-19-17-31/h3,6-9,20,22H,2,4-5,10-19,21H2,1H3. The van der Waals surface area contributed by atoms with Crippen molar-refractivity contribution < 1.29 is 19.1 Å². The third-order valence-electron chi connectivity index (χ3n) is 7.85. The van der Waals surface area contributed by atoms with E-state index in [0.717, 1.165) is 74.9 Å². The molecule has 2 aliphatic heterocycles. The number of nitrogens with zero attached hydrogens (tertiary/aromatic N) is 6. The number of morpholine rings is 1. The molecule has 0 bridgehead atoms. The van der Waals surface area contributed by atoms with E-state index in [2.05, 4.69) is 20.0 Å². The number of amides is 2. The van der Waals surface area contributed by atoms with Crippen LogP contribution in [0.5, 0.6) is 5.75 Å². The van der Waals surface area contributed by atoms with Crippen molar-refractivity contribution in [2.75, 3.05) is 84.1 Å². The van der Waals surface area contributed by atoms with E-state index in [1.807, 2.05) is 41.3 Å². The van der Waals surface area contributed by atoms with E-state index >= 15 is 0 Å². The molecule has 1 aromatic carbocycles. The molecular formula is C28H38N6O4. The van der Waals surface area contributed by atoms with Crippen LogP contribution in [0.25, 0.3) is 11.3 Å². The van der Waals surface area contributed by atoms with Crippen LogP contribution in [0.3, 0.4) is 0 Å². The van der Waals surface area contributed by atoms with Crippen LogP contribution in [0.15, 0.2) is 36.4 Å². The number of piperazine rings is 1. The summed E-state index contributed by atoms with van der Waals surface area (Å²) in [4.78, 5) is 34.5. The molecule has 3 aliphatic rings. The van der Waals surface area contributed by atoms with Crippen molar-refractivity contribution in [2.24, 2.45) is 5.92 Å². The molecular weight excluding hydrogens is 484 g/mol. The van der Waals surface area contributed by atoms with Gasteiger partial charge in [-0.15, -0.1) is 10.2 Å². The number of hydrogen-bond acceptors (Lipinski definition) is 8. The zero-order valence-corrected chi connectivity index (χ0v) is 22.3. The lowest BCUT2D eigenvalue weighted by atomic mass is 9.84. The SMILES string of the molecule is COc1cccc(-c2ccc(N3CCN(C(=O)CN(CCN4CCOCC4)C(=O)C4CCC4)CC3)nn2)c1. The maximum atomic E-state index is 13.2. The Hall–Kier alpha value is -3.24. The van der Waals surface area contributed by atoms with Gasteiger partial charge >= 0.3 is 0 Å². The van der Waals surface area contributed by atoms with Crippen molar-refractivity contribution in [3.63, 3.8) is 0 Å². The van der Waals surface area contributed by atoms with Crippen LogP contribution in [-0.4, -0.2) is 116 Å². The summed E-state index contributed by atoms with van der Waals surface area (Å²) in [5.74, 6) is 1.84. The van der Waals surface area contributed by atoms with E-state index in [1.54, 1.807) is 12.0 Å². The fraction of sp³-hybridized carbons (Fsp3) is 0.571. The lowest BCUT2D eigenvalue weighted by Gasteiger charge is -2.38.